The first-order chi connectivity index (χ1) is 7.59. The zero-order valence-electron chi connectivity index (χ0n) is 9.36. The maximum absolute atomic E-state index is 10.9. The number of nitrogens with one attached hydrogen (secondary N) is 1. The van der Waals surface area contributed by atoms with Crippen LogP contribution in [-0.2, 0) is 4.79 Å². The highest BCUT2D eigenvalue weighted by atomic mass is 16.1. The highest BCUT2D eigenvalue weighted by Gasteiger charge is 2.03. The molecule has 16 heavy (non-hydrogen) atoms. The molecule has 0 saturated carbocycles. The molecule has 0 bridgehead atoms. The van der Waals surface area contributed by atoms with Crippen molar-refractivity contribution in [1.82, 2.24) is 0 Å². The van der Waals surface area contributed by atoms with Gasteiger partial charge in [0.15, 0.2) is 5.78 Å². The molecule has 1 rings (SSSR count). The van der Waals surface area contributed by atoms with Crippen LogP contribution in [0.25, 0.3) is 0 Å². The smallest absolute Gasteiger partial charge is 0.177 e. The van der Waals surface area contributed by atoms with Gasteiger partial charge in [0.25, 0.3) is 0 Å². The molecule has 84 valence electrons. The number of ketones is 1. The Kier molecular flexibility index (Phi) is 4.45. The number of carbonyl (C=O) groups is 1. The first kappa shape index (κ1) is 12.2. The molecule has 1 aliphatic carbocycles. The van der Waals surface area contributed by atoms with Gasteiger partial charge >= 0.3 is 0 Å². The van der Waals surface area contributed by atoms with Crippen molar-refractivity contribution >= 4 is 11.5 Å². The molecular formula is C13H16N2O. The number of hydrogen-bond acceptors (Lipinski definition) is 3. The van der Waals surface area contributed by atoms with Crippen molar-refractivity contribution < 1.29 is 4.79 Å². The molecule has 1 aliphatic rings. The molecular weight excluding hydrogens is 200 g/mol. The van der Waals surface area contributed by atoms with Crippen molar-refractivity contribution in [1.29, 1.82) is 5.41 Å². The minimum atomic E-state index is -0.266. The minimum absolute atomic E-state index is 0.0437. The van der Waals surface area contributed by atoms with Crippen molar-refractivity contribution in [2.24, 2.45) is 5.73 Å². The van der Waals surface area contributed by atoms with Crippen LogP contribution in [0.5, 0.6) is 0 Å². The minimum Gasteiger partial charge on any atom is -0.402 e. The lowest BCUT2D eigenvalue weighted by molar-refractivity contribution is -0.111. The molecule has 3 heteroatoms. The Bertz CT molecular complexity index is 412. The van der Waals surface area contributed by atoms with Crippen LogP contribution in [0.4, 0.5) is 0 Å². The summed E-state index contributed by atoms with van der Waals surface area (Å²) < 4.78 is 0. The second-order valence-electron chi connectivity index (χ2n) is 3.71. The van der Waals surface area contributed by atoms with E-state index in [1.54, 1.807) is 0 Å². The number of allylic oxidation sites excluding steroid dienone is 7. The largest absolute Gasteiger partial charge is 0.402 e. The van der Waals surface area contributed by atoms with E-state index >= 15 is 0 Å². The van der Waals surface area contributed by atoms with Crippen LogP contribution >= 0.6 is 0 Å². The lowest BCUT2D eigenvalue weighted by Gasteiger charge is -2.04. The van der Waals surface area contributed by atoms with E-state index in [9.17, 15) is 4.79 Å². The summed E-state index contributed by atoms with van der Waals surface area (Å²) in [5, 5.41) is 7.38. The molecule has 0 aromatic rings. The van der Waals surface area contributed by atoms with Gasteiger partial charge in [-0.1, -0.05) is 36.0 Å². The van der Waals surface area contributed by atoms with E-state index in [-0.39, 0.29) is 11.5 Å². The summed E-state index contributed by atoms with van der Waals surface area (Å²) in [6, 6.07) is 0. The molecule has 0 heterocycles. The van der Waals surface area contributed by atoms with E-state index in [4.69, 9.17) is 11.1 Å². The van der Waals surface area contributed by atoms with Crippen molar-refractivity contribution in [3.8, 4) is 0 Å². The first-order valence-corrected chi connectivity index (χ1v) is 5.16. The molecule has 0 unspecified atom stereocenters. The van der Waals surface area contributed by atoms with Crippen molar-refractivity contribution in [2.75, 3.05) is 0 Å². The molecule has 3 N–H and O–H groups in total. The Hall–Kier alpha value is -1.90. The van der Waals surface area contributed by atoms with Gasteiger partial charge in [0.05, 0.1) is 5.71 Å². The van der Waals surface area contributed by atoms with E-state index in [1.807, 2.05) is 24.3 Å². The zero-order valence-corrected chi connectivity index (χ0v) is 9.36. The van der Waals surface area contributed by atoms with Gasteiger partial charge < -0.3 is 5.73 Å². The van der Waals surface area contributed by atoms with E-state index in [0.29, 0.717) is 12.1 Å². The van der Waals surface area contributed by atoms with Crippen molar-refractivity contribution in [3.63, 3.8) is 0 Å². The topological polar surface area (TPSA) is 66.9 Å². The summed E-state index contributed by atoms with van der Waals surface area (Å²) in [4.78, 5) is 10.9. The third-order valence-corrected chi connectivity index (χ3v) is 2.21. The number of nitrogens with two attached hydrogens (primary N) is 1. The Morgan fingerprint density at radius 1 is 1.50 bits per heavy atom. The highest BCUT2D eigenvalue weighted by Crippen LogP contribution is 2.14. The van der Waals surface area contributed by atoms with Crippen LogP contribution in [0.15, 0.2) is 47.7 Å². The van der Waals surface area contributed by atoms with E-state index < -0.39 is 0 Å². The highest BCUT2D eigenvalue weighted by molar-refractivity contribution is 6.42. The zero-order chi connectivity index (χ0) is 12.0. The molecule has 0 saturated heterocycles. The van der Waals surface area contributed by atoms with Gasteiger partial charge in [-0.3, -0.25) is 10.2 Å². The van der Waals surface area contributed by atoms with Gasteiger partial charge in [-0.15, -0.1) is 0 Å². The predicted molar refractivity (Wildman–Crippen MR) is 66.3 cm³/mol. The second kappa shape index (κ2) is 5.85. The Labute approximate surface area is 95.5 Å². The van der Waals surface area contributed by atoms with E-state index in [0.717, 1.165) is 6.42 Å². The van der Waals surface area contributed by atoms with Gasteiger partial charge in [0.1, 0.15) is 0 Å². The van der Waals surface area contributed by atoms with Crippen LogP contribution < -0.4 is 5.73 Å². The van der Waals surface area contributed by atoms with Crippen LogP contribution in [0.1, 0.15) is 19.8 Å². The van der Waals surface area contributed by atoms with Crippen LogP contribution in [0, 0.1) is 5.41 Å². The fraction of sp³-hybridized carbons (Fsp3) is 0.231. The molecule has 0 amide bonds. The summed E-state index contributed by atoms with van der Waals surface area (Å²) in [5.41, 5.74) is 7.46. The van der Waals surface area contributed by atoms with Gasteiger partial charge in [-0.05, 0) is 12.5 Å². The van der Waals surface area contributed by atoms with Crippen molar-refractivity contribution in [2.45, 2.75) is 19.8 Å². The molecule has 0 atom stereocenters. The number of hydrogen-bond donors (Lipinski definition) is 2. The maximum Gasteiger partial charge on any atom is 0.177 e. The van der Waals surface area contributed by atoms with Gasteiger partial charge in [-0.2, -0.15) is 0 Å². The fourth-order valence-corrected chi connectivity index (χ4v) is 1.35. The number of rotatable bonds is 4. The van der Waals surface area contributed by atoms with E-state index in [2.05, 4.69) is 6.08 Å². The Morgan fingerprint density at radius 2 is 2.25 bits per heavy atom. The van der Waals surface area contributed by atoms with Gasteiger partial charge in [-0.25, -0.2) is 0 Å². The van der Waals surface area contributed by atoms with Crippen LogP contribution in [-0.4, -0.2) is 11.5 Å². The summed E-state index contributed by atoms with van der Waals surface area (Å²) in [5.74, 6) is -0.266. The molecule has 0 aliphatic heterocycles. The third-order valence-electron chi connectivity index (χ3n) is 2.21. The third kappa shape index (κ3) is 4.09. The van der Waals surface area contributed by atoms with Crippen LogP contribution in [0.3, 0.4) is 0 Å². The molecule has 3 nitrogen and oxygen atoms in total. The Balaban J connectivity index is 2.64. The number of carbonyl (C=O) groups excluding carboxylic acids is 1. The van der Waals surface area contributed by atoms with Crippen LogP contribution in [0.2, 0.25) is 0 Å². The molecule has 0 radical (unpaired) electrons. The molecule has 0 aromatic heterocycles. The molecule has 0 spiro atoms. The Morgan fingerprint density at radius 3 is 2.94 bits per heavy atom. The maximum atomic E-state index is 10.9. The second-order valence-corrected chi connectivity index (χ2v) is 3.71. The monoisotopic (exact) mass is 216 g/mol. The summed E-state index contributed by atoms with van der Waals surface area (Å²) in [7, 11) is 0. The fourth-order valence-electron chi connectivity index (χ4n) is 1.35. The normalized spacial score (nSPS) is 15.6. The SMILES string of the molecule is CC(=O)C(=N)C=C(N)CC1=CC=CC=CC1. The average Bonchev–Trinajstić information content (AvgIpc) is 2.45. The van der Waals surface area contributed by atoms with Gasteiger partial charge in [0, 0.05) is 19.0 Å². The quantitative estimate of drug-likeness (QED) is 0.708. The summed E-state index contributed by atoms with van der Waals surface area (Å²) in [6.07, 6.45) is 12.9. The number of Topliss-reactive ketones (excluding diaryl/α,β-unsaturated/α-hetero) is 1. The summed E-state index contributed by atoms with van der Waals surface area (Å²) >= 11 is 0. The molecule has 0 aromatic carbocycles. The standard InChI is InChI=1S/C13H16N2O/c1-10(16)13(15)9-12(14)8-11-6-4-2-3-5-7-11/h2-6,9,15H,7-8,14H2,1H3. The average molecular weight is 216 g/mol. The summed E-state index contributed by atoms with van der Waals surface area (Å²) in [6.45, 7) is 1.36. The first-order valence-electron chi connectivity index (χ1n) is 5.16. The lowest BCUT2D eigenvalue weighted by Crippen LogP contribution is -2.09. The lowest BCUT2D eigenvalue weighted by atomic mass is 10.1. The van der Waals surface area contributed by atoms with E-state index in [1.165, 1.54) is 18.6 Å². The van der Waals surface area contributed by atoms with Crippen molar-refractivity contribution in [3.05, 3.63) is 47.7 Å². The predicted octanol–water partition coefficient (Wildman–Crippen LogP) is 2.27. The molecule has 0 fully saturated rings. The van der Waals surface area contributed by atoms with Gasteiger partial charge in [0.2, 0.25) is 0 Å².